The van der Waals surface area contributed by atoms with Crippen LogP contribution in [-0.2, 0) is 4.79 Å². The first-order valence-electron chi connectivity index (χ1n) is 6.55. The zero-order valence-electron chi connectivity index (χ0n) is 11.8. The Morgan fingerprint density at radius 2 is 1.86 bits per heavy atom. The van der Waals surface area contributed by atoms with Gasteiger partial charge in [0.1, 0.15) is 5.82 Å². The number of hydrogen-bond acceptors (Lipinski definition) is 2. The summed E-state index contributed by atoms with van der Waals surface area (Å²) in [5.74, 6) is -0.540. The van der Waals surface area contributed by atoms with Crippen molar-refractivity contribution < 1.29 is 9.18 Å². The fraction of sp³-hybridized carbons (Fsp3) is 0.188. The van der Waals surface area contributed by atoms with Crippen LogP contribution in [0.4, 0.5) is 15.8 Å². The maximum atomic E-state index is 13.9. The molecule has 2 N–H and O–H groups in total. The van der Waals surface area contributed by atoms with E-state index in [9.17, 15) is 9.18 Å². The molecule has 0 radical (unpaired) electrons. The highest BCUT2D eigenvalue weighted by atomic mass is 79.9. The van der Waals surface area contributed by atoms with Crippen LogP contribution in [0.25, 0.3) is 0 Å². The van der Waals surface area contributed by atoms with E-state index in [0.29, 0.717) is 11.4 Å². The molecule has 110 valence electrons. The molecule has 0 saturated heterocycles. The molecule has 5 heteroatoms. The second-order valence-electron chi connectivity index (χ2n) is 4.79. The van der Waals surface area contributed by atoms with Gasteiger partial charge in [-0.25, -0.2) is 4.39 Å². The quantitative estimate of drug-likeness (QED) is 0.837. The monoisotopic (exact) mass is 350 g/mol. The van der Waals surface area contributed by atoms with Gasteiger partial charge in [-0.2, -0.15) is 0 Å². The fourth-order valence-corrected chi connectivity index (χ4v) is 2.25. The number of amides is 1. The Bertz CT molecular complexity index is 643. The van der Waals surface area contributed by atoms with Crippen molar-refractivity contribution in [2.24, 2.45) is 0 Å². The Kier molecular flexibility index (Phi) is 4.96. The number of anilines is 2. The summed E-state index contributed by atoms with van der Waals surface area (Å²) in [5, 5.41) is 5.76. The molecule has 1 atom stereocenters. The van der Waals surface area contributed by atoms with Crippen LogP contribution in [0.2, 0.25) is 0 Å². The molecule has 2 rings (SSSR count). The summed E-state index contributed by atoms with van der Waals surface area (Å²) in [7, 11) is 0. The van der Waals surface area contributed by atoms with E-state index in [0.717, 1.165) is 10.0 Å². The predicted molar refractivity (Wildman–Crippen MR) is 86.9 cm³/mol. The van der Waals surface area contributed by atoms with Gasteiger partial charge in [-0.05, 0) is 42.8 Å². The molecule has 0 aliphatic heterocycles. The Morgan fingerprint density at radius 1 is 1.19 bits per heavy atom. The van der Waals surface area contributed by atoms with E-state index in [-0.39, 0.29) is 17.8 Å². The maximum Gasteiger partial charge on any atom is 0.221 e. The molecule has 3 nitrogen and oxygen atoms in total. The Balaban J connectivity index is 2.17. The summed E-state index contributed by atoms with van der Waals surface area (Å²) < 4.78 is 14.9. The number of nitrogens with one attached hydrogen (secondary N) is 2. The van der Waals surface area contributed by atoms with Gasteiger partial charge in [-0.15, -0.1) is 0 Å². The summed E-state index contributed by atoms with van der Waals surface area (Å²) in [6, 6.07) is 12.2. The van der Waals surface area contributed by atoms with Crippen LogP contribution >= 0.6 is 15.9 Å². The zero-order chi connectivity index (χ0) is 15.4. The first-order valence-corrected chi connectivity index (χ1v) is 7.34. The summed E-state index contributed by atoms with van der Waals surface area (Å²) in [5.41, 5.74) is 1.97. The van der Waals surface area contributed by atoms with Gasteiger partial charge in [-0.3, -0.25) is 4.79 Å². The second-order valence-corrected chi connectivity index (χ2v) is 5.71. The van der Waals surface area contributed by atoms with Gasteiger partial charge >= 0.3 is 0 Å². The molecule has 1 amide bonds. The minimum absolute atomic E-state index is 0.0554. The number of hydrogen-bond donors (Lipinski definition) is 2. The lowest BCUT2D eigenvalue weighted by atomic mass is 10.1. The van der Waals surface area contributed by atoms with Crippen LogP contribution in [0, 0.1) is 5.82 Å². The SMILES string of the molecule is CC(=O)Nc1ccc(F)c(NC(C)c2ccc(Br)cc2)c1. The number of benzene rings is 2. The van der Waals surface area contributed by atoms with Crippen LogP contribution < -0.4 is 10.6 Å². The molecule has 0 heterocycles. The van der Waals surface area contributed by atoms with Gasteiger partial charge in [0.2, 0.25) is 5.91 Å². The third-order valence-corrected chi connectivity index (χ3v) is 3.56. The van der Waals surface area contributed by atoms with Gasteiger partial charge in [0.15, 0.2) is 0 Å². The maximum absolute atomic E-state index is 13.9. The van der Waals surface area contributed by atoms with Crippen molar-refractivity contribution in [3.05, 3.63) is 58.3 Å². The minimum Gasteiger partial charge on any atom is -0.376 e. The average Bonchev–Trinajstić information content (AvgIpc) is 2.42. The van der Waals surface area contributed by atoms with Crippen LogP contribution in [0.15, 0.2) is 46.9 Å². The standard InChI is InChI=1S/C16H16BrFN2O/c1-10(12-3-5-13(17)6-4-12)19-16-9-14(20-11(2)21)7-8-15(16)18/h3-10,19H,1-2H3,(H,20,21). The Morgan fingerprint density at radius 3 is 2.48 bits per heavy atom. The van der Waals surface area contributed by atoms with Gasteiger partial charge in [0, 0.05) is 23.1 Å². The van der Waals surface area contributed by atoms with Crippen LogP contribution in [-0.4, -0.2) is 5.91 Å². The predicted octanol–water partition coefficient (Wildman–Crippen LogP) is 4.72. The van der Waals surface area contributed by atoms with E-state index in [1.807, 2.05) is 31.2 Å². The molecule has 0 spiro atoms. The lowest BCUT2D eigenvalue weighted by molar-refractivity contribution is -0.114. The lowest BCUT2D eigenvalue weighted by Crippen LogP contribution is -2.10. The van der Waals surface area contributed by atoms with Crippen molar-refractivity contribution in [2.75, 3.05) is 10.6 Å². The topological polar surface area (TPSA) is 41.1 Å². The summed E-state index contributed by atoms with van der Waals surface area (Å²) >= 11 is 3.38. The molecule has 0 aliphatic carbocycles. The average molecular weight is 351 g/mol. The normalized spacial score (nSPS) is 11.8. The van der Waals surface area contributed by atoms with Crippen molar-refractivity contribution >= 4 is 33.2 Å². The highest BCUT2D eigenvalue weighted by molar-refractivity contribution is 9.10. The fourth-order valence-electron chi connectivity index (χ4n) is 1.98. The number of rotatable bonds is 4. The number of halogens is 2. The van der Waals surface area contributed by atoms with E-state index in [1.165, 1.54) is 19.1 Å². The molecule has 1 unspecified atom stereocenters. The molecule has 21 heavy (non-hydrogen) atoms. The van der Waals surface area contributed by atoms with E-state index in [2.05, 4.69) is 26.6 Å². The van der Waals surface area contributed by atoms with Crippen molar-refractivity contribution in [2.45, 2.75) is 19.9 Å². The Hall–Kier alpha value is -1.88. The molecule has 0 bridgehead atoms. The Labute approximate surface area is 131 Å². The number of carbonyl (C=O) groups is 1. The molecule has 2 aromatic carbocycles. The minimum atomic E-state index is -0.354. The van der Waals surface area contributed by atoms with E-state index < -0.39 is 0 Å². The molecule has 0 aliphatic rings. The van der Waals surface area contributed by atoms with Gasteiger partial charge in [0.25, 0.3) is 0 Å². The summed E-state index contributed by atoms with van der Waals surface area (Å²) in [4.78, 5) is 11.1. The molecule has 2 aromatic rings. The molecule has 0 fully saturated rings. The highest BCUT2D eigenvalue weighted by Gasteiger charge is 2.10. The van der Waals surface area contributed by atoms with Crippen LogP contribution in [0.3, 0.4) is 0 Å². The van der Waals surface area contributed by atoms with Gasteiger partial charge in [0.05, 0.1) is 5.69 Å². The van der Waals surface area contributed by atoms with E-state index in [1.54, 1.807) is 6.07 Å². The van der Waals surface area contributed by atoms with Crippen molar-refractivity contribution in [1.82, 2.24) is 0 Å². The lowest BCUT2D eigenvalue weighted by Gasteiger charge is -2.17. The highest BCUT2D eigenvalue weighted by Crippen LogP contribution is 2.25. The molecular weight excluding hydrogens is 335 g/mol. The molecular formula is C16H16BrFN2O. The third-order valence-electron chi connectivity index (χ3n) is 3.03. The summed E-state index contributed by atoms with van der Waals surface area (Å²) in [6.07, 6.45) is 0. The zero-order valence-corrected chi connectivity index (χ0v) is 13.4. The van der Waals surface area contributed by atoms with E-state index >= 15 is 0 Å². The number of carbonyl (C=O) groups excluding carboxylic acids is 1. The van der Waals surface area contributed by atoms with Gasteiger partial charge < -0.3 is 10.6 Å². The first kappa shape index (κ1) is 15.5. The largest absolute Gasteiger partial charge is 0.376 e. The first-order chi connectivity index (χ1) is 9.95. The van der Waals surface area contributed by atoms with Crippen molar-refractivity contribution in [1.29, 1.82) is 0 Å². The summed E-state index contributed by atoms with van der Waals surface area (Å²) in [6.45, 7) is 3.37. The van der Waals surface area contributed by atoms with Crippen molar-refractivity contribution in [3.63, 3.8) is 0 Å². The third kappa shape index (κ3) is 4.29. The second kappa shape index (κ2) is 6.72. The molecule has 0 aromatic heterocycles. The smallest absolute Gasteiger partial charge is 0.221 e. The van der Waals surface area contributed by atoms with E-state index in [4.69, 9.17) is 0 Å². The van der Waals surface area contributed by atoms with Gasteiger partial charge in [-0.1, -0.05) is 28.1 Å². The van der Waals surface area contributed by atoms with Crippen molar-refractivity contribution in [3.8, 4) is 0 Å². The van der Waals surface area contributed by atoms with Crippen LogP contribution in [0.5, 0.6) is 0 Å². The van der Waals surface area contributed by atoms with Crippen LogP contribution in [0.1, 0.15) is 25.5 Å². The molecule has 0 saturated carbocycles.